The maximum Gasteiger partial charge on any atom is 0.469 e. The van der Waals surface area contributed by atoms with Crippen molar-refractivity contribution in [3.63, 3.8) is 0 Å². The summed E-state index contributed by atoms with van der Waals surface area (Å²) in [6, 6.07) is 14.6. The first kappa shape index (κ1) is 15.9. The average Bonchev–Trinajstić information content (AvgIpc) is 2.73. The summed E-state index contributed by atoms with van der Waals surface area (Å²) in [5, 5.41) is 13.6. The van der Waals surface area contributed by atoms with Gasteiger partial charge in [0.05, 0.1) is 0 Å². The van der Waals surface area contributed by atoms with Crippen LogP contribution in [0.4, 0.5) is 5.95 Å². The minimum Gasteiger partial charge on any atom is -0.390 e. The van der Waals surface area contributed by atoms with Crippen LogP contribution in [0.15, 0.2) is 48.7 Å². The molecule has 0 saturated heterocycles. The molecule has 5 nitrogen and oxygen atoms in total. The molecule has 5 heteroatoms. The summed E-state index contributed by atoms with van der Waals surface area (Å²) in [6.45, 7) is 0. The van der Waals surface area contributed by atoms with E-state index in [1.54, 1.807) is 6.07 Å². The summed E-state index contributed by atoms with van der Waals surface area (Å²) in [5.41, 5.74) is 6.67. The van der Waals surface area contributed by atoms with Crippen LogP contribution in [0.5, 0.6) is 0 Å². The highest BCUT2D eigenvalue weighted by molar-refractivity contribution is 5.82. The number of benzene rings is 2. The minimum absolute atomic E-state index is 0.353. The summed E-state index contributed by atoms with van der Waals surface area (Å²) in [6.07, 6.45) is 7.78. The van der Waals surface area contributed by atoms with E-state index in [1.165, 1.54) is 38.9 Å². The van der Waals surface area contributed by atoms with Gasteiger partial charge >= 0.3 is 5.95 Å². The van der Waals surface area contributed by atoms with Crippen LogP contribution in [0.1, 0.15) is 29.7 Å². The Kier molecular flexibility index (Phi) is 3.60. The van der Waals surface area contributed by atoms with Gasteiger partial charge in [-0.15, -0.1) is 0 Å². The third-order valence-corrected chi connectivity index (χ3v) is 5.43. The first-order valence-corrected chi connectivity index (χ1v) is 9.14. The molecule has 132 valence electrons. The Morgan fingerprint density at radius 1 is 1.00 bits per heavy atom. The second-order valence-electron chi connectivity index (χ2n) is 6.97. The molecule has 0 aliphatic heterocycles. The fourth-order valence-corrected chi connectivity index (χ4v) is 4.24. The van der Waals surface area contributed by atoms with E-state index in [1.807, 2.05) is 6.07 Å². The molecule has 0 saturated carbocycles. The number of rotatable bonds is 2. The third-order valence-electron chi connectivity index (χ3n) is 5.43. The topological polar surface area (TPSA) is 68.9 Å². The maximum atomic E-state index is 11.2. The van der Waals surface area contributed by atoms with Gasteiger partial charge in [-0.25, -0.2) is 0 Å². The maximum absolute atomic E-state index is 11.2. The van der Waals surface area contributed by atoms with Gasteiger partial charge in [0.25, 0.3) is 0 Å². The summed E-state index contributed by atoms with van der Waals surface area (Å²) in [7, 11) is 0. The van der Waals surface area contributed by atoms with E-state index in [0.29, 0.717) is 12.1 Å². The lowest BCUT2D eigenvalue weighted by molar-refractivity contribution is -0.394. The number of fused-ring (bicyclic) bond motifs is 5. The second kappa shape index (κ2) is 6.13. The molecule has 1 aromatic heterocycles. The van der Waals surface area contributed by atoms with Crippen LogP contribution in [-0.4, -0.2) is 14.9 Å². The van der Waals surface area contributed by atoms with Gasteiger partial charge in [0.1, 0.15) is 11.9 Å². The molecule has 27 heavy (non-hydrogen) atoms. The lowest BCUT2D eigenvalue weighted by Crippen LogP contribution is -2.36. The molecular formula is C22H17N3O2. The molecule has 0 atom stereocenters. The molecule has 0 N–H and O–H groups in total. The predicted molar refractivity (Wildman–Crippen MR) is 103 cm³/mol. The molecule has 0 bridgehead atoms. The van der Waals surface area contributed by atoms with Crippen molar-refractivity contribution in [3.05, 3.63) is 86.0 Å². The number of nitro groups is 1. The smallest absolute Gasteiger partial charge is 0.390 e. The van der Waals surface area contributed by atoms with Crippen LogP contribution in [0.25, 0.3) is 22.8 Å². The highest BCUT2D eigenvalue weighted by Gasteiger charge is 2.23. The number of aromatic nitrogens is 2. The van der Waals surface area contributed by atoms with E-state index in [-0.39, 0.29) is 5.95 Å². The standard InChI is InChI=1S/C22H17N3O2/c26-25(27)22-23-12-11-20(24-22)19-13-15-6-2-3-7-16(15)18-10-9-14-5-1-4-8-17(14)21(18)19/h2-3,6-12H,1,4-5,13H2. The molecule has 1 heterocycles. The van der Waals surface area contributed by atoms with Crippen molar-refractivity contribution in [1.82, 2.24) is 9.97 Å². The van der Waals surface area contributed by atoms with Crippen molar-refractivity contribution in [2.75, 3.05) is 0 Å². The van der Waals surface area contributed by atoms with Crippen molar-refractivity contribution < 1.29 is 4.92 Å². The van der Waals surface area contributed by atoms with E-state index in [2.05, 4.69) is 46.4 Å². The van der Waals surface area contributed by atoms with Gasteiger partial charge in [0.2, 0.25) is 0 Å². The Morgan fingerprint density at radius 2 is 1.89 bits per heavy atom. The van der Waals surface area contributed by atoms with Crippen LogP contribution in [0.3, 0.4) is 0 Å². The zero-order valence-electron chi connectivity index (χ0n) is 14.7. The monoisotopic (exact) mass is 355 g/mol. The normalized spacial score (nSPS) is 14.6. The van der Waals surface area contributed by atoms with E-state index < -0.39 is 4.92 Å². The zero-order valence-corrected chi connectivity index (χ0v) is 14.7. The van der Waals surface area contributed by atoms with Gasteiger partial charge in [-0.2, -0.15) is 0 Å². The van der Waals surface area contributed by atoms with Crippen molar-refractivity contribution in [2.45, 2.75) is 25.7 Å². The Morgan fingerprint density at radius 3 is 2.78 bits per heavy atom. The minimum atomic E-state index is -0.533. The highest BCUT2D eigenvalue weighted by Crippen LogP contribution is 2.30. The first-order valence-electron chi connectivity index (χ1n) is 9.14. The highest BCUT2D eigenvalue weighted by atomic mass is 16.6. The Balaban J connectivity index is 1.90. The van der Waals surface area contributed by atoms with Crippen molar-refractivity contribution in [1.29, 1.82) is 0 Å². The van der Waals surface area contributed by atoms with Gasteiger partial charge in [0, 0.05) is 18.1 Å². The lowest BCUT2D eigenvalue weighted by atomic mass is 9.82. The molecular weight excluding hydrogens is 338 g/mol. The molecule has 0 amide bonds. The van der Waals surface area contributed by atoms with Gasteiger partial charge in [-0.3, -0.25) is 0 Å². The quantitative estimate of drug-likeness (QED) is 0.524. The van der Waals surface area contributed by atoms with E-state index in [4.69, 9.17) is 0 Å². The molecule has 0 radical (unpaired) electrons. The molecule has 3 aromatic rings. The van der Waals surface area contributed by atoms with Gasteiger partial charge in [-0.05, 0) is 56.9 Å². The molecule has 2 aliphatic carbocycles. The summed E-state index contributed by atoms with van der Waals surface area (Å²) in [5.74, 6) is -0.353. The third kappa shape index (κ3) is 2.54. The molecule has 2 aromatic carbocycles. The Bertz CT molecular complexity index is 1210. The van der Waals surface area contributed by atoms with Crippen LogP contribution in [0.2, 0.25) is 0 Å². The molecule has 0 spiro atoms. The predicted octanol–water partition coefficient (Wildman–Crippen LogP) is 2.92. The summed E-state index contributed by atoms with van der Waals surface area (Å²) < 4.78 is 0. The van der Waals surface area contributed by atoms with Crippen LogP contribution >= 0.6 is 0 Å². The SMILES string of the molecule is O=[N+]([O-])c1nccc(C2=c3c(ccc4c3=CCCC4)-c3ccccc3C2)n1. The lowest BCUT2D eigenvalue weighted by Gasteiger charge is -2.21. The van der Waals surface area contributed by atoms with Crippen molar-refractivity contribution in [2.24, 2.45) is 0 Å². The largest absolute Gasteiger partial charge is 0.469 e. The molecule has 5 rings (SSSR count). The van der Waals surface area contributed by atoms with Crippen LogP contribution < -0.4 is 10.4 Å². The fourth-order valence-electron chi connectivity index (χ4n) is 4.24. The number of nitrogens with zero attached hydrogens (tertiary/aromatic N) is 3. The summed E-state index contributed by atoms with van der Waals surface area (Å²) in [4.78, 5) is 18.7. The van der Waals surface area contributed by atoms with Crippen LogP contribution in [0, 0.1) is 10.1 Å². The molecule has 0 fully saturated rings. The van der Waals surface area contributed by atoms with Gasteiger partial charge in [-0.1, -0.05) is 52.4 Å². The number of hydrogen-bond acceptors (Lipinski definition) is 4. The van der Waals surface area contributed by atoms with Gasteiger partial charge < -0.3 is 10.1 Å². The van der Waals surface area contributed by atoms with E-state index in [0.717, 1.165) is 24.8 Å². The van der Waals surface area contributed by atoms with Crippen molar-refractivity contribution >= 4 is 17.6 Å². The van der Waals surface area contributed by atoms with Crippen LogP contribution in [-0.2, 0) is 12.8 Å². The molecule has 2 aliphatic rings. The second-order valence-corrected chi connectivity index (χ2v) is 6.97. The van der Waals surface area contributed by atoms with Crippen molar-refractivity contribution in [3.8, 4) is 11.1 Å². The zero-order chi connectivity index (χ0) is 18.4. The average molecular weight is 355 g/mol. The number of aryl methyl sites for hydroxylation is 1. The Hall–Kier alpha value is -3.34. The first-order chi connectivity index (χ1) is 13.2. The Labute approximate surface area is 155 Å². The fraction of sp³-hybridized carbons (Fsp3) is 0.182. The molecule has 0 unspecified atom stereocenters. The number of hydrogen-bond donors (Lipinski definition) is 0. The van der Waals surface area contributed by atoms with E-state index >= 15 is 0 Å². The van der Waals surface area contributed by atoms with Gasteiger partial charge in [0.15, 0.2) is 0 Å². The van der Waals surface area contributed by atoms with E-state index in [9.17, 15) is 10.1 Å². The summed E-state index contributed by atoms with van der Waals surface area (Å²) >= 11 is 0.